The van der Waals surface area contributed by atoms with Crippen LogP contribution in [0.4, 0.5) is 0 Å². The van der Waals surface area contributed by atoms with Crippen LogP contribution in [-0.2, 0) is 4.79 Å². The van der Waals surface area contributed by atoms with Gasteiger partial charge in [0, 0.05) is 31.6 Å². The predicted octanol–water partition coefficient (Wildman–Crippen LogP) is 2.98. The maximum atomic E-state index is 12.4. The highest BCUT2D eigenvalue weighted by atomic mass is 35.5. The van der Waals surface area contributed by atoms with Crippen LogP contribution in [0.5, 0.6) is 0 Å². The summed E-state index contributed by atoms with van der Waals surface area (Å²) in [6.07, 6.45) is 8.70. The van der Waals surface area contributed by atoms with Gasteiger partial charge in [-0.05, 0) is 32.6 Å². The van der Waals surface area contributed by atoms with Crippen LogP contribution in [0, 0.1) is 5.92 Å². The summed E-state index contributed by atoms with van der Waals surface area (Å²) in [6.45, 7) is 6.14. The lowest BCUT2D eigenvalue weighted by atomic mass is 9.95. The van der Waals surface area contributed by atoms with Crippen LogP contribution in [0.3, 0.4) is 0 Å². The quantitative estimate of drug-likeness (QED) is 0.792. The molecule has 2 rings (SSSR count). The van der Waals surface area contributed by atoms with Crippen molar-refractivity contribution in [3.8, 4) is 0 Å². The highest BCUT2D eigenvalue weighted by Gasteiger charge is 2.28. The molecule has 1 saturated carbocycles. The van der Waals surface area contributed by atoms with Gasteiger partial charge in [0.1, 0.15) is 0 Å². The van der Waals surface area contributed by atoms with Gasteiger partial charge >= 0.3 is 0 Å². The maximum absolute atomic E-state index is 12.4. The van der Waals surface area contributed by atoms with E-state index in [1.54, 1.807) is 0 Å². The molecule has 0 bridgehead atoms. The minimum Gasteiger partial charge on any atom is -0.337 e. The molecule has 2 atom stereocenters. The molecule has 2 unspecified atom stereocenters. The molecular formula is C15H29ClN2O. The van der Waals surface area contributed by atoms with Crippen LogP contribution in [0.1, 0.15) is 58.8 Å². The number of hydrogen-bond donors (Lipinski definition) is 1. The molecule has 4 heteroatoms. The van der Waals surface area contributed by atoms with E-state index in [0.29, 0.717) is 23.9 Å². The van der Waals surface area contributed by atoms with Gasteiger partial charge in [-0.3, -0.25) is 4.79 Å². The highest BCUT2D eigenvalue weighted by molar-refractivity contribution is 5.85. The molecule has 1 aliphatic carbocycles. The summed E-state index contributed by atoms with van der Waals surface area (Å²) in [5.41, 5.74) is 0. The molecule has 3 nitrogen and oxygen atoms in total. The number of amides is 1. The van der Waals surface area contributed by atoms with Gasteiger partial charge in [-0.2, -0.15) is 0 Å². The molecule has 0 aromatic rings. The molecule has 1 N–H and O–H groups in total. The standard InChI is InChI=1S/C15H28N2O.ClH/c1-12-11-17(13(2)10-16-12)15(18)9-14-7-5-3-4-6-8-14;/h12-14,16H,3-11H2,1-2H3;1H. The molecule has 1 saturated heterocycles. The average Bonchev–Trinajstić information content (AvgIpc) is 2.61. The largest absolute Gasteiger partial charge is 0.337 e. The third-order valence-electron chi connectivity index (χ3n) is 4.52. The zero-order valence-electron chi connectivity index (χ0n) is 12.4. The van der Waals surface area contributed by atoms with Gasteiger partial charge in [0.2, 0.25) is 5.91 Å². The van der Waals surface area contributed by atoms with Crippen LogP contribution in [0.2, 0.25) is 0 Å². The summed E-state index contributed by atoms with van der Waals surface area (Å²) in [7, 11) is 0. The lowest BCUT2D eigenvalue weighted by molar-refractivity contribution is -0.135. The number of hydrogen-bond acceptors (Lipinski definition) is 2. The number of piperazine rings is 1. The smallest absolute Gasteiger partial charge is 0.223 e. The van der Waals surface area contributed by atoms with Crippen molar-refractivity contribution in [2.45, 2.75) is 70.9 Å². The fourth-order valence-electron chi connectivity index (χ4n) is 3.30. The van der Waals surface area contributed by atoms with Crippen molar-refractivity contribution in [1.82, 2.24) is 10.2 Å². The third-order valence-corrected chi connectivity index (χ3v) is 4.52. The van der Waals surface area contributed by atoms with E-state index in [9.17, 15) is 4.79 Å². The lowest BCUT2D eigenvalue weighted by Crippen LogP contribution is -2.56. The Balaban J connectivity index is 0.00000180. The van der Waals surface area contributed by atoms with E-state index >= 15 is 0 Å². The molecule has 1 aliphatic heterocycles. The van der Waals surface area contributed by atoms with Crippen LogP contribution >= 0.6 is 12.4 Å². The zero-order valence-corrected chi connectivity index (χ0v) is 13.2. The highest BCUT2D eigenvalue weighted by Crippen LogP contribution is 2.26. The summed E-state index contributed by atoms with van der Waals surface area (Å²) < 4.78 is 0. The number of carbonyl (C=O) groups excluding carboxylic acids is 1. The summed E-state index contributed by atoms with van der Waals surface area (Å²) >= 11 is 0. The minimum absolute atomic E-state index is 0. The molecule has 1 amide bonds. The summed E-state index contributed by atoms with van der Waals surface area (Å²) in [5, 5.41) is 3.44. The molecule has 1 heterocycles. The Morgan fingerprint density at radius 3 is 2.42 bits per heavy atom. The maximum Gasteiger partial charge on any atom is 0.223 e. The number of nitrogens with zero attached hydrogens (tertiary/aromatic N) is 1. The van der Waals surface area contributed by atoms with Gasteiger partial charge in [0.05, 0.1) is 0 Å². The first-order valence-corrected chi connectivity index (χ1v) is 7.69. The van der Waals surface area contributed by atoms with Crippen molar-refractivity contribution in [3.63, 3.8) is 0 Å². The second kappa shape index (κ2) is 8.11. The van der Waals surface area contributed by atoms with E-state index < -0.39 is 0 Å². The molecule has 19 heavy (non-hydrogen) atoms. The Labute approximate surface area is 123 Å². The molecular weight excluding hydrogens is 260 g/mol. The van der Waals surface area contributed by atoms with Gasteiger partial charge in [0.15, 0.2) is 0 Å². The molecule has 2 fully saturated rings. The molecule has 0 radical (unpaired) electrons. The van der Waals surface area contributed by atoms with E-state index in [-0.39, 0.29) is 12.4 Å². The Hall–Kier alpha value is -0.280. The van der Waals surface area contributed by atoms with Gasteiger partial charge in [0.25, 0.3) is 0 Å². The normalized spacial score (nSPS) is 29.5. The number of nitrogens with one attached hydrogen (secondary N) is 1. The van der Waals surface area contributed by atoms with E-state index in [2.05, 4.69) is 24.1 Å². The van der Waals surface area contributed by atoms with Crippen LogP contribution in [0.15, 0.2) is 0 Å². The number of halogens is 1. The Morgan fingerprint density at radius 1 is 1.16 bits per heavy atom. The van der Waals surface area contributed by atoms with Crippen molar-refractivity contribution >= 4 is 18.3 Å². The van der Waals surface area contributed by atoms with Crippen LogP contribution in [-0.4, -0.2) is 36.0 Å². The monoisotopic (exact) mass is 288 g/mol. The first-order valence-electron chi connectivity index (χ1n) is 7.69. The van der Waals surface area contributed by atoms with Crippen LogP contribution < -0.4 is 5.32 Å². The molecule has 0 aromatic heterocycles. The van der Waals surface area contributed by atoms with Crippen molar-refractivity contribution < 1.29 is 4.79 Å². The Kier molecular flexibility index (Phi) is 7.16. The van der Waals surface area contributed by atoms with Crippen LogP contribution in [0.25, 0.3) is 0 Å². The SMILES string of the molecule is CC1CN(C(=O)CC2CCCCCC2)C(C)CN1.Cl. The Bertz CT molecular complexity index is 277. The molecule has 0 spiro atoms. The van der Waals surface area contributed by atoms with Crippen molar-refractivity contribution in [3.05, 3.63) is 0 Å². The van der Waals surface area contributed by atoms with Gasteiger partial charge in [-0.15, -0.1) is 12.4 Å². The Morgan fingerprint density at radius 2 is 1.79 bits per heavy atom. The summed E-state index contributed by atoms with van der Waals surface area (Å²) in [5.74, 6) is 1.04. The van der Waals surface area contributed by atoms with Gasteiger partial charge in [-0.1, -0.05) is 25.7 Å². The first kappa shape index (κ1) is 16.8. The number of carbonyl (C=O) groups is 1. The van der Waals surface area contributed by atoms with E-state index in [1.165, 1.54) is 38.5 Å². The van der Waals surface area contributed by atoms with Crippen molar-refractivity contribution in [2.24, 2.45) is 5.92 Å². The van der Waals surface area contributed by atoms with Crippen molar-refractivity contribution in [2.75, 3.05) is 13.1 Å². The summed E-state index contributed by atoms with van der Waals surface area (Å²) in [6, 6.07) is 0.804. The first-order chi connectivity index (χ1) is 8.66. The second-order valence-corrected chi connectivity index (χ2v) is 6.27. The fraction of sp³-hybridized carbons (Fsp3) is 0.933. The van der Waals surface area contributed by atoms with E-state index in [4.69, 9.17) is 0 Å². The fourth-order valence-corrected chi connectivity index (χ4v) is 3.30. The lowest BCUT2D eigenvalue weighted by Gasteiger charge is -2.38. The van der Waals surface area contributed by atoms with Crippen molar-refractivity contribution in [1.29, 1.82) is 0 Å². The molecule has 112 valence electrons. The summed E-state index contributed by atoms with van der Waals surface area (Å²) in [4.78, 5) is 14.5. The second-order valence-electron chi connectivity index (χ2n) is 6.27. The average molecular weight is 289 g/mol. The van der Waals surface area contributed by atoms with E-state index in [1.807, 2.05) is 0 Å². The van der Waals surface area contributed by atoms with Gasteiger partial charge in [-0.25, -0.2) is 0 Å². The minimum atomic E-state index is 0. The third kappa shape index (κ3) is 4.96. The molecule has 0 aromatic carbocycles. The zero-order chi connectivity index (χ0) is 13.0. The van der Waals surface area contributed by atoms with Gasteiger partial charge < -0.3 is 10.2 Å². The predicted molar refractivity (Wildman–Crippen MR) is 81.7 cm³/mol. The molecule has 2 aliphatic rings. The van der Waals surface area contributed by atoms with E-state index in [0.717, 1.165) is 19.5 Å². The number of rotatable bonds is 2. The topological polar surface area (TPSA) is 32.3 Å².